The summed E-state index contributed by atoms with van der Waals surface area (Å²) < 4.78 is 28.1. The van der Waals surface area contributed by atoms with Gasteiger partial charge in [0, 0.05) is 25.6 Å². The second-order valence-corrected chi connectivity index (χ2v) is 7.47. The van der Waals surface area contributed by atoms with Gasteiger partial charge in [0.05, 0.1) is 11.7 Å². The first-order chi connectivity index (χ1) is 9.34. The molecule has 2 heterocycles. The van der Waals surface area contributed by atoms with E-state index in [9.17, 15) is 13.2 Å². The number of hydrogen-bond donors (Lipinski definition) is 1. The van der Waals surface area contributed by atoms with Gasteiger partial charge in [-0.1, -0.05) is 0 Å². The van der Waals surface area contributed by atoms with E-state index in [0.717, 1.165) is 24.2 Å². The van der Waals surface area contributed by atoms with Gasteiger partial charge in [-0.05, 0) is 25.3 Å². The normalized spacial score (nSPS) is 17.4. The Kier molecular flexibility index (Phi) is 4.48. The Labute approximate surface area is 122 Å². The van der Waals surface area contributed by atoms with Crippen molar-refractivity contribution >= 4 is 27.3 Å². The number of likely N-dealkylation sites (tertiary alicyclic amines) is 1. The number of piperidine rings is 1. The first kappa shape index (κ1) is 15.4. The van der Waals surface area contributed by atoms with Crippen molar-refractivity contribution < 1.29 is 17.9 Å². The molecular weight excluding hydrogens is 300 g/mol. The molecule has 8 heteroatoms. The van der Waals surface area contributed by atoms with Gasteiger partial charge in [0.1, 0.15) is 4.21 Å². The molecule has 1 aliphatic heterocycles. The fraction of sp³-hybridized carbons (Fsp3) is 0.583. The second kappa shape index (κ2) is 5.80. The van der Waals surface area contributed by atoms with Crippen LogP contribution in [-0.2, 0) is 14.8 Å². The summed E-state index contributed by atoms with van der Waals surface area (Å²) in [5, 5.41) is 6.70. The van der Waals surface area contributed by atoms with Crippen molar-refractivity contribution in [2.24, 2.45) is 5.14 Å². The third kappa shape index (κ3) is 3.03. The fourth-order valence-corrected chi connectivity index (χ4v) is 4.36. The summed E-state index contributed by atoms with van der Waals surface area (Å²) >= 11 is 0.995. The molecule has 0 aliphatic carbocycles. The minimum Gasteiger partial charge on any atom is -0.381 e. The zero-order valence-corrected chi connectivity index (χ0v) is 13.1. The predicted octanol–water partition coefficient (Wildman–Crippen LogP) is 0.955. The molecule has 1 amide bonds. The average molecular weight is 318 g/mol. The summed E-state index contributed by atoms with van der Waals surface area (Å²) in [6.45, 7) is 2.86. The molecule has 1 saturated heterocycles. The monoisotopic (exact) mass is 318 g/mol. The third-order valence-corrected chi connectivity index (χ3v) is 6.23. The molecule has 2 N–H and O–H groups in total. The van der Waals surface area contributed by atoms with Crippen LogP contribution in [0.3, 0.4) is 0 Å². The Bertz CT molecular complexity index is 601. The highest BCUT2D eigenvalue weighted by Gasteiger charge is 2.27. The van der Waals surface area contributed by atoms with Crippen molar-refractivity contribution in [3.63, 3.8) is 0 Å². The zero-order chi connectivity index (χ0) is 14.9. The largest absolute Gasteiger partial charge is 0.381 e. The van der Waals surface area contributed by atoms with Crippen LogP contribution in [0.1, 0.15) is 28.8 Å². The number of thiophene rings is 1. The Morgan fingerprint density at radius 3 is 2.50 bits per heavy atom. The molecule has 1 aromatic heterocycles. The molecule has 0 saturated carbocycles. The van der Waals surface area contributed by atoms with Crippen LogP contribution in [0.4, 0.5) is 0 Å². The number of hydrogen-bond acceptors (Lipinski definition) is 5. The Morgan fingerprint density at radius 1 is 1.45 bits per heavy atom. The van der Waals surface area contributed by atoms with Gasteiger partial charge in [-0.15, -0.1) is 11.3 Å². The van der Waals surface area contributed by atoms with Crippen LogP contribution < -0.4 is 5.14 Å². The highest BCUT2D eigenvalue weighted by molar-refractivity contribution is 7.91. The summed E-state index contributed by atoms with van der Waals surface area (Å²) in [6.07, 6.45) is 1.80. The number of carbonyl (C=O) groups is 1. The van der Waals surface area contributed by atoms with Gasteiger partial charge in [0.15, 0.2) is 0 Å². The molecule has 112 valence electrons. The zero-order valence-electron chi connectivity index (χ0n) is 11.5. The fourth-order valence-electron chi connectivity index (χ4n) is 2.36. The van der Waals surface area contributed by atoms with Crippen molar-refractivity contribution in [2.75, 3.05) is 20.2 Å². The quantitative estimate of drug-likeness (QED) is 0.898. The van der Waals surface area contributed by atoms with Crippen LogP contribution in [0.15, 0.2) is 9.59 Å². The van der Waals surface area contributed by atoms with Crippen molar-refractivity contribution in [3.05, 3.63) is 16.5 Å². The van der Waals surface area contributed by atoms with E-state index in [1.807, 2.05) is 0 Å². The van der Waals surface area contributed by atoms with E-state index >= 15 is 0 Å². The molecule has 20 heavy (non-hydrogen) atoms. The van der Waals surface area contributed by atoms with Crippen molar-refractivity contribution in [1.29, 1.82) is 0 Å². The van der Waals surface area contributed by atoms with Gasteiger partial charge in [0.25, 0.3) is 5.91 Å². The number of ether oxygens (including phenoxy) is 1. The lowest BCUT2D eigenvalue weighted by Gasteiger charge is -2.31. The molecule has 2 rings (SSSR count). The number of nitrogens with zero attached hydrogens (tertiary/aromatic N) is 1. The maximum Gasteiger partial charge on any atom is 0.255 e. The smallest absolute Gasteiger partial charge is 0.255 e. The minimum absolute atomic E-state index is 0.0626. The molecule has 0 bridgehead atoms. The molecular formula is C12H18N2O4S2. The molecule has 0 unspecified atom stereocenters. The van der Waals surface area contributed by atoms with Crippen molar-refractivity contribution in [2.45, 2.75) is 30.1 Å². The standard InChI is InChI=1S/C12H18N2O4S2/c1-8-10(7-19-12(8)20(13,16)17)11(15)14-5-3-9(18-2)4-6-14/h7,9H,3-6H2,1-2H3,(H2,13,16,17). The van der Waals surface area contributed by atoms with E-state index in [4.69, 9.17) is 9.88 Å². The van der Waals surface area contributed by atoms with Gasteiger partial charge < -0.3 is 9.64 Å². The first-order valence-electron chi connectivity index (χ1n) is 6.27. The van der Waals surface area contributed by atoms with Gasteiger partial charge in [-0.3, -0.25) is 4.79 Å². The van der Waals surface area contributed by atoms with Gasteiger partial charge in [0.2, 0.25) is 10.0 Å². The summed E-state index contributed by atoms with van der Waals surface area (Å²) in [4.78, 5) is 14.1. The SMILES string of the molecule is COC1CCN(C(=O)c2csc(S(N)(=O)=O)c2C)CC1. The Balaban J connectivity index is 2.17. The van der Waals surface area contributed by atoms with Gasteiger partial charge in [-0.25, -0.2) is 13.6 Å². The number of methoxy groups -OCH3 is 1. The number of nitrogens with two attached hydrogens (primary N) is 1. The second-order valence-electron chi connectivity index (χ2n) is 4.83. The lowest BCUT2D eigenvalue weighted by atomic mass is 10.1. The highest BCUT2D eigenvalue weighted by atomic mass is 32.2. The molecule has 0 atom stereocenters. The number of carbonyl (C=O) groups excluding carboxylic acids is 1. The number of primary sulfonamides is 1. The van der Waals surface area contributed by atoms with E-state index in [2.05, 4.69) is 0 Å². The van der Waals surface area contributed by atoms with Crippen LogP contribution in [0.5, 0.6) is 0 Å². The van der Waals surface area contributed by atoms with E-state index in [1.54, 1.807) is 24.3 Å². The molecule has 6 nitrogen and oxygen atoms in total. The van der Waals surface area contributed by atoms with Crippen LogP contribution in [-0.4, -0.2) is 45.5 Å². The Morgan fingerprint density at radius 2 is 2.05 bits per heavy atom. The summed E-state index contributed by atoms with van der Waals surface area (Å²) in [5.74, 6) is -0.136. The molecule has 1 fully saturated rings. The summed E-state index contributed by atoms with van der Waals surface area (Å²) in [7, 11) is -2.09. The van der Waals surface area contributed by atoms with E-state index < -0.39 is 10.0 Å². The van der Waals surface area contributed by atoms with Crippen LogP contribution in [0.2, 0.25) is 0 Å². The van der Waals surface area contributed by atoms with E-state index in [1.165, 1.54) is 0 Å². The van der Waals surface area contributed by atoms with Crippen molar-refractivity contribution in [1.82, 2.24) is 4.90 Å². The minimum atomic E-state index is -3.76. The number of amides is 1. The highest BCUT2D eigenvalue weighted by Crippen LogP contribution is 2.27. The molecule has 1 aliphatic rings. The van der Waals surface area contributed by atoms with E-state index in [-0.39, 0.29) is 16.2 Å². The lowest BCUT2D eigenvalue weighted by Crippen LogP contribution is -2.40. The number of sulfonamides is 1. The molecule has 0 radical (unpaired) electrons. The van der Waals surface area contributed by atoms with Gasteiger partial charge >= 0.3 is 0 Å². The lowest BCUT2D eigenvalue weighted by molar-refractivity contribution is 0.0350. The van der Waals surface area contributed by atoms with Crippen LogP contribution in [0, 0.1) is 6.92 Å². The van der Waals surface area contributed by atoms with Gasteiger partial charge in [-0.2, -0.15) is 0 Å². The maximum absolute atomic E-state index is 12.4. The summed E-state index contributed by atoms with van der Waals surface area (Å²) in [6, 6.07) is 0. The van der Waals surface area contributed by atoms with E-state index in [0.29, 0.717) is 24.2 Å². The Hall–Kier alpha value is -0.960. The average Bonchev–Trinajstić information content (AvgIpc) is 2.80. The summed E-state index contributed by atoms with van der Waals surface area (Å²) in [5.41, 5.74) is 0.867. The number of rotatable bonds is 3. The maximum atomic E-state index is 12.4. The molecule has 0 spiro atoms. The molecule has 1 aromatic rings. The van der Waals surface area contributed by atoms with Crippen molar-refractivity contribution in [3.8, 4) is 0 Å². The van der Waals surface area contributed by atoms with Crippen LogP contribution in [0.25, 0.3) is 0 Å². The molecule has 0 aromatic carbocycles. The first-order valence-corrected chi connectivity index (χ1v) is 8.70. The van der Waals surface area contributed by atoms with Crippen LogP contribution >= 0.6 is 11.3 Å². The topological polar surface area (TPSA) is 89.7 Å². The predicted molar refractivity (Wildman–Crippen MR) is 76.4 cm³/mol. The third-order valence-electron chi connectivity index (χ3n) is 3.55.